The lowest BCUT2D eigenvalue weighted by Crippen LogP contribution is -2.33. The SMILES string of the molecule is CNC(=O)c1ccc(OCCNCC(O)COc2ccccc2C)nc1. The minimum atomic E-state index is -0.612. The molecule has 1 atom stereocenters. The molecule has 0 radical (unpaired) electrons. The van der Waals surface area contributed by atoms with Crippen molar-refractivity contribution in [1.29, 1.82) is 0 Å². The Bertz CT molecular complexity index is 691. The average molecular weight is 359 g/mol. The van der Waals surface area contributed by atoms with Gasteiger partial charge in [0.15, 0.2) is 0 Å². The molecule has 0 bridgehead atoms. The summed E-state index contributed by atoms with van der Waals surface area (Å²) in [4.78, 5) is 15.5. The fourth-order valence-electron chi connectivity index (χ4n) is 2.20. The minimum Gasteiger partial charge on any atom is -0.491 e. The van der Waals surface area contributed by atoms with Gasteiger partial charge in [0.05, 0.1) is 5.56 Å². The Balaban J connectivity index is 1.60. The number of pyridine rings is 1. The number of nitrogens with zero attached hydrogens (tertiary/aromatic N) is 1. The lowest BCUT2D eigenvalue weighted by Gasteiger charge is -2.14. The van der Waals surface area contributed by atoms with Crippen molar-refractivity contribution in [2.45, 2.75) is 13.0 Å². The average Bonchev–Trinajstić information content (AvgIpc) is 2.67. The summed E-state index contributed by atoms with van der Waals surface area (Å²) in [5.74, 6) is 1.04. The summed E-state index contributed by atoms with van der Waals surface area (Å²) in [7, 11) is 1.57. The van der Waals surface area contributed by atoms with Crippen molar-refractivity contribution < 1.29 is 19.4 Å². The van der Waals surface area contributed by atoms with Crippen LogP contribution >= 0.6 is 0 Å². The second kappa shape index (κ2) is 10.4. The quantitative estimate of drug-likeness (QED) is 0.551. The first-order valence-electron chi connectivity index (χ1n) is 8.48. The van der Waals surface area contributed by atoms with Crippen LogP contribution in [0.15, 0.2) is 42.6 Å². The Morgan fingerprint density at radius 1 is 1.23 bits per heavy atom. The molecule has 1 heterocycles. The van der Waals surface area contributed by atoms with Crippen LogP contribution in [-0.4, -0.2) is 55.5 Å². The van der Waals surface area contributed by atoms with E-state index < -0.39 is 6.10 Å². The molecule has 1 amide bonds. The van der Waals surface area contributed by atoms with Crippen LogP contribution in [-0.2, 0) is 0 Å². The maximum absolute atomic E-state index is 11.4. The second-order valence-corrected chi connectivity index (χ2v) is 5.75. The summed E-state index contributed by atoms with van der Waals surface area (Å²) in [6, 6.07) is 11.0. The fraction of sp³-hybridized carbons (Fsp3) is 0.368. The highest BCUT2D eigenvalue weighted by atomic mass is 16.5. The van der Waals surface area contributed by atoms with E-state index in [1.165, 1.54) is 6.20 Å². The Kier molecular flexibility index (Phi) is 7.85. The van der Waals surface area contributed by atoms with E-state index in [0.29, 0.717) is 31.1 Å². The maximum Gasteiger partial charge on any atom is 0.252 e. The number of ether oxygens (including phenoxy) is 2. The molecule has 0 aliphatic rings. The Labute approximate surface area is 153 Å². The minimum absolute atomic E-state index is 0.187. The monoisotopic (exact) mass is 359 g/mol. The summed E-state index contributed by atoms with van der Waals surface area (Å²) in [5, 5.41) is 15.6. The zero-order valence-corrected chi connectivity index (χ0v) is 15.1. The number of carbonyl (C=O) groups excluding carboxylic acids is 1. The van der Waals surface area contributed by atoms with E-state index in [1.54, 1.807) is 19.2 Å². The summed E-state index contributed by atoms with van der Waals surface area (Å²) in [6.07, 6.45) is 0.855. The van der Waals surface area contributed by atoms with Gasteiger partial charge in [-0.3, -0.25) is 4.79 Å². The standard InChI is InChI=1S/C19H25N3O4/c1-14-5-3-4-6-17(14)26-13-16(23)12-21-9-10-25-18-8-7-15(11-22-18)19(24)20-2/h3-8,11,16,21,23H,9-10,12-13H2,1-2H3,(H,20,24). The van der Waals surface area contributed by atoms with Gasteiger partial charge in [0, 0.05) is 32.4 Å². The van der Waals surface area contributed by atoms with Crippen molar-refractivity contribution in [3.63, 3.8) is 0 Å². The molecule has 3 N–H and O–H groups in total. The molecule has 0 aliphatic carbocycles. The molecule has 0 saturated carbocycles. The van der Waals surface area contributed by atoms with E-state index in [9.17, 15) is 9.90 Å². The number of aliphatic hydroxyl groups is 1. The third-order valence-electron chi connectivity index (χ3n) is 3.66. The van der Waals surface area contributed by atoms with Gasteiger partial charge in [-0.2, -0.15) is 0 Å². The van der Waals surface area contributed by atoms with Crippen LogP contribution in [0.5, 0.6) is 11.6 Å². The first-order valence-corrected chi connectivity index (χ1v) is 8.48. The molecule has 7 heteroatoms. The molecule has 2 rings (SSSR count). The molecule has 7 nitrogen and oxygen atoms in total. The number of benzene rings is 1. The van der Waals surface area contributed by atoms with Gasteiger partial charge >= 0.3 is 0 Å². The molecule has 0 spiro atoms. The van der Waals surface area contributed by atoms with Crippen molar-refractivity contribution >= 4 is 5.91 Å². The molecule has 140 valence electrons. The topological polar surface area (TPSA) is 92.7 Å². The van der Waals surface area contributed by atoms with Crippen LogP contribution in [0.2, 0.25) is 0 Å². The van der Waals surface area contributed by atoms with Crippen LogP contribution in [0.4, 0.5) is 0 Å². The highest BCUT2D eigenvalue weighted by molar-refractivity contribution is 5.93. The highest BCUT2D eigenvalue weighted by Crippen LogP contribution is 2.16. The maximum atomic E-state index is 11.4. The van der Waals surface area contributed by atoms with Gasteiger partial charge in [0.2, 0.25) is 5.88 Å². The van der Waals surface area contributed by atoms with Crippen molar-refractivity contribution in [1.82, 2.24) is 15.6 Å². The Hall–Kier alpha value is -2.64. The van der Waals surface area contributed by atoms with Gasteiger partial charge in [0.1, 0.15) is 25.1 Å². The third-order valence-corrected chi connectivity index (χ3v) is 3.66. The van der Waals surface area contributed by atoms with E-state index in [0.717, 1.165) is 11.3 Å². The van der Waals surface area contributed by atoms with E-state index in [2.05, 4.69) is 15.6 Å². The van der Waals surface area contributed by atoms with Crippen LogP contribution in [0.1, 0.15) is 15.9 Å². The zero-order chi connectivity index (χ0) is 18.8. The number of carbonyl (C=O) groups is 1. The molecule has 1 unspecified atom stereocenters. The summed E-state index contributed by atoms with van der Waals surface area (Å²) in [6.45, 7) is 3.55. The molecule has 1 aromatic carbocycles. The third kappa shape index (κ3) is 6.34. The molecule has 1 aromatic heterocycles. The normalized spacial score (nSPS) is 11.7. The number of para-hydroxylation sites is 1. The summed E-state index contributed by atoms with van der Waals surface area (Å²) in [5.41, 5.74) is 1.52. The molecule has 0 fully saturated rings. The number of nitrogens with one attached hydrogen (secondary N) is 2. The van der Waals surface area contributed by atoms with Crippen molar-refractivity contribution in [2.24, 2.45) is 0 Å². The predicted octanol–water partition coefficient (Wildman–Crippen LogP) is 1.16. The Morgan fingerprint density at radius 3 is 2.73 bits per heavy atom. The molecular weight excluding hydrogens is 334 g/mol. The van der Waals surface area contributed by atoms with Crippen molar-refractivity contribution in [3.8, 4) is 11.6 Å². The fourth-order valence-corrected chi connectivity index (χ4v) is 2.20. The smallest absolute Gasteiger partial charge is 0.252 e. The molecular formula is C19H25N3O4. The number of aromatic nitrogens is 1. The number of aliphatic hydroxyl groups excluding tert-OH is 1. The van der Waals surface area contributed by atoms with Crippen LogP contribution in [0, 0.1) is 6.92 Å². The van der Waals surface area contributed by atoms with Crippen LogP contribution < -0.4 is 20.1 Å². The molecule has 26 heavy (non-hydrogen) atoms. The lowest BCUT2D eigenvalue weighted by molar-refractivity contribution is 0.0962. The molecule has 0 saturated heterocycles. The molecule has 2 aromatic rings. The van der Waals surface area contributed by atoms with Gasteiger partial charge in [-0.05, 0) is 24.6 Å². The molecule has 0 aliphatic heterocycles. The number of hydrogen-bond acceptors (Lipinski definition) is 6. The van der Waals surface area contributed by atoms with Gasteiger partial charge in [-0.25, -0.2) is 4.98 Å². The zero-order valence-electron chi connectivity index (χ0n) is 15.1. The van der Waals surface area contributed by atoms with Crippen molar-refractivity contribution in [3.05, 3.63) is 53.7 Å². The van der Waals surface area contributed by atoms with Gasteiger partial charge in [0.25, 0.3) is 5.91 Å². The summed E-state index contributed by atoms with van der Waals surface area (Å²) >= 11 is 0. The number of rotatable bonds is 10. The number of amides is 1. The van der Waals surface area contributed by atoms with E-state index in [1.807, 2.05) is 31.2 Å². The summed E-state index contributed by atoms with van der Waals surface area (Å²) < 4.78 is 11.1. The number of hydrogen-bond donors (Lipinski definition) is 3. The van der Waals surface area contributed by atoms with E-state index >= 15 is 0 Å². The highest BCUT2D eigenvalue weighted by Gasteiger charge is 2.07. The second-order valence-electron chi connectivity index (χ2n) is 5.75. The van der Waals surface area contributed by atoms with Gasteiger partial charge in [-0.15, -0.1) is 0 Å². The van der Waals surface area contributed by atoms with E-state index in [-0.39, 0.29) is 12.5 Å². The van der Waals surface area contributed by atoms with Gasteiger partial charge < -0.3 is 25.2 Å². The predicted molar refractivity (Wildman–Crippen MR) is 98.7 cm³/mol. The van der Waals surface area contributed by atoms with E-state index in [4.69, 9.17) is 9.47 Å². The first kappa shape index (κ1) is 19.7. The number of aryl methyl sites for hydroxylation is 1. The largest absolute Gasteiger partial charge is 0.491 e. The van der Waals surface area contributed by atoms with Crippen LogP contribution in [0.3, 0.4) is 0 Å². The Morgan fingerprint density at radius 2 is 2.04 bits per heavy atom. The van der Waals surface area contributed by atoms with Gasteiger partial charge in [-0.1, -0.05) is 18.2 Å². The lowest BCUT2D eigenvalue weighted by atomic mass is 10.2. The van der Waals surface area contributed by atoms with Crippen LogP contribution in [0.25, 0.3) is 0 Å². The first-order chi connectivity index (χ1) is 12.6. The van der Waals surface area contributed by atoms with Crippen molar-refractivity contribution in [2.75, 3.05) is 33.4 Å².